The first-order valence-corrected chi connectivity index (χ1v) is 7.53. The van der Waals surface area contributed by atoms with Gasteiger partial charge in [0.25, 0.3) is 0 Å². The van der Waals surface area contributed by atoms with Crippen molar-refractivity contribution in [3.8, 4) is 11.1 Å². The van der Waals surface area contributed by atoms with Crippen molar-refractivity contribution in [2.24, 2.45) is 0 Å². The van der Waals surface area contributed by atoms with Crippen LogP contribution in [0.4, 0.5) is 0 Å². The summed E-state index contributed by atoms with van der Waals surface area (Å²) < 4.78 is 0. The van der Waals surface area contributed by atoms with Crippen molar-refractivity contribution in [2.75, 3.05) is 0 Å². The van der Waals surface area contributed by atoms with Gasteiger partial charge >= 0.3 is 0 Å². The standard InChI is InChI=1S/C19H20/c1-3-12(2)13-9-6-10-16-14-7-4-5-8-15(14)17-11-18(17)19(13)16/h4-10,12,17-18H,3,11H2,1-2H3. The Morgan fingerprint density at radius 2 is 1.79 bits per heavy atom. The predicted molar refractivity (Wildman–Crippen MR) is 80.7 cm³/mol. The van der Waals surface area contributed by atoms with Gasteiger partial charge in [0.1, 0.15) is 0 Å². The molecule has 0 spiro atoms. The molecule has 3 unspecified atom stereocenters. The molecular formula is C19H20. The summed E-state index contributed by atoms with van der Waals surface area (Å²) in [6.07, 6.45) is 2.59. The highest BCUT2D eigenvalue weighted by Gasteiger charge is 2.46. The highest BCUT2D eigenvalue weighted by molar-refractivity contribution is 5.78. The van der Waals surface area contributed by atoms with E-state index in [-0.39, 0.29) is 0 Å². The zero-order valence-electron chi connectivity index (χ0n) is 11.7. The first kappa shape index (κ1) is 11.3. The number of benzene rings is 2. The van der Waals surface area contributed by atoms with E-state index in [1.165, 1.54) is 24.0 Å². The number of hydrogen-bond acceptors (Lipinski definition) is 0. The monoisotopic (exact) mass is 248 g/mol. The van der Waals surface area contributed by atoms with E-state index in [2.05, 4.69) is 56.3 Å². The van der Waals surface area contributed by atoms with E-state index >= 15 is 0 Å². The fourth-order valence-electron chi connectivity index (χ4n) is 3.80. The van der Waals surface area contributed by atoms with Crippen molar-refractivity contribution >= 4 is 0 Å². The molecule has 2 aromatic carbocycles. The van der Waals surface area contributed by atoms with Gasteiger partial charge in [-0.3, -0.25) is 0 Å². The van der Waals surface area contributed by atoms with Gasteiger partial charge in [-0.2, -0.15) is 0 Å². The van der Waals surface area contributed by atoms with Gasteiger partial charge in [0.05, 0.1) is 0 Å². The molecule has 0 amide bonds. The second kappa shape index (κ2) is 3.96. The van der Waals surface area contributed by atoms with Crippen LogP contribution in [-0.4, -0.2) is 0 Å². The molecule has 0 bridgehead atoms. The Morgan fingerprint density at radius 3 is 2.63 bits per heavy atom. The summed E-state index contributed by atoms with van der Waals surface area (Å²) in [6, 6.07) is 16.0. The van der Waals surface area contributed by atoms with Crippen LogP contribution >= 0.6 is 0 Å². The molecule has 3 atom stereocenters. The Morgan fingerprint density at radius 1 is 1.00 bits per heavy atom. The van der Waals surface area contributed by atoms with Crippen molar-refractivity contribution in [3.05, 3.63) is 59.2 Å². The van der Waals surface area contributed by atoms with Crippen molar-refractivity contribution in [1.29, 1.82) is 0 Å². The van der Waals surface area contributed by atoms with Crippen LogP contribution in [0, 0.1) is 0 Å². The molecule has 0 nitrogen and oxygen atoms in total. The Hall–Kier alpha value is -1.56. The molecule has 2 aliphatic rings. The summed E-state index contributed by atoms with van der Waals surface area (Å²) in [5.41, 5.74) is 7.84. The minimum absolute atomic E-state index is 0.682. The van der Waals surface area contributed by atoms with Crippen molar-refractivity contribution < 1.29 is 0 Å². The summed E-state index contributed by atoms with van der Waals surface area (Å²) >= 11 is 0. The van der Waals surface area contributed by atoms with Gasteiger partial charge in [-0.05, 0) is 58.4 Å². The second-order valence-corrected chi connectivity index (χ2v) is 6.15. The van der Waals surface area contributed by atoms with Crippen LogP contribution in [0.5, 0.6) is 0 Å². The van der Waals surface area contributed by atoms with Crippen LogP contribution in [-0.2, 0) is 0 Å². The molecule has 19 heavy (non-hydrogen) atoms. The number of fused-ring (bicyclic) bond motifs is 6. The first-order chi connectivity index (χ1) is 9.31. The van der Waals surface area contributed by atoms with E-state index in [9.17, 15) is 0 Å². The van der Waals surface area contributed by atoms with E-state index in [1.54, 1.807) is 16.7 Å². The van der Waals surface area contributed by atoms with Crippen LogP contribution < -0.4 is 0 Å². The zero-order chi connectivity index (χ0) is 13.0. The van der Waals surface area contributed by atoms with Crippen LogP contribution in [0.3, 0.4) is 0 Å². The molecular weight excluding hydrogens is 228 g/mol. The van der Waals surface area contributed by atoms with E-state index in [0.717, 1.165) is 11.8 Å². The Labute approximate surface area is 115 Å². The maximum atomic E-state index is 2.37. The highest BCUT2D eigenvalue weighted by atomic mass is 14.5. The SMILES string of the molecule is CCC(C)c1cccc2c1C1CC1c1ccccc1-2. The summed E-state index contributed by atoms with van der Waals surface area (Å²) in [5.74, 6) is 2.28. The molecule has 0 aromatic heterocycles. The molecule has 0 heteroatoms. The molecule has 1 fully saturated rings. The van der Waals surface area contributed by atoms with Gasteiger partial charge < -0.3 is 0 Å². The lowest BCUT2D eigenvalue weighted by Gasteiger charge is -2.24. The summed E-state index contributed by atoms with van der Waals surface area (Å²) in [7, 11) is 0. The van der Waals surface area contributed by atoms with Gasteiger partial charge in [-0.25, -0.2) is 0 Å². The minimum Gasteiger partial charge on any atom is -0.0648 e. The third-order valence-corrected chi connectivity index (χ3v) is 5.09. The van der Waals surface area contributed by atoms with Crippen LogP contribution in [0.2, 0.25) is 0 Å². The maximum Gasteiger partial charge on any atom is -0.00776 e. The van der Waals surface area contributed by atoms with E-state index < -0.39 is 0 Å². The Balaban J connectivity index is 1.98. The smallest absolute Gasteiger partial charge is 0.00776 e. The van der Waals surface area contributed by atoms with Crippen molar-refractivity contribution in [1.82, 2.24) is 0 Å². The molecule has 0 aliphatic heterocycles. The molecule has 0 radical (unpaired) electrons. The van der Waals surface area contributed by atoms with E-state index in [1.807, 2.05) is 0 Å². The molecule has 4 rings (SSSR count). The van der Waals surface area contributed by atoms with E-state index in [0.29, 0.717) is 5.92 Å². The summed E-state index contributed by atoms with van der Waals surface area (Å²) in [5, 5.41) is 0. The van der Waals surface area contributed by atoms with E-state index in [4.69, 9.17) is 0 Å². The molecule has 1 saturated carbocycles. The lowest BCUT2D eigenvalue weighted by Crippen LogP contribution is -2.05. The van der Waals surface area contributed by atoms with Crippen LogP contribution in [0.15, 0.2) is 42.5 Å². The third-order valence-electron chi connectivity index (χ3n) is 5.09. The average Bonchev–Trinajstić information content (AvgIpc) is 3.26. The van der Waals surface area contributed by atoms with Gasteiger partial charge in [0, 0.05) is 0 Å². The maximum absolute atomic E-state index is 2.37. The van der Waals surface area contributed by atoms with Gasteiger partial charge in [0.2, 0.25) is 0 Å². The molecule has 96 valence electrons. The quantitative estimate of drug-likeness (QED) is 0.662. The molecule has 0 saturated heterocycles. The van der Waals surface area contributed by atoms with Crippen LogP contribution in [0.25, 0.3) is 11.1 Å². The van der Waals surface area contributed by atoms with Gasteiger partial charge in [-0.15, -0.1) is 0 Å². The van der Waals surface area contributed by atoms with Crippen molar-refractivity contribution in [3.63, 3.8) is 0 Å². The number of rotatable bonds is 2. The third kappa shape index (κ3) is 1.52. The number of hydrogen-bond donors (Lipinski definition) is 0. The zero-order valence-corrected chi connectivity index (χ0v) is 11.7. The van der Waals surface area contributed by atoms with Crippen LogP contribution in [0.1, 0.15) is 61.1 Å². The Bertz CT molecular complexity index is 638. The lowest BCUT2D eigenvalue weighted by molar-refractivity contribution is 0.720. The highest BCUT2D eigenvalue weighted by Crippen LogP contribution is 2.63. The second-order valence-electron chi connectivity index (χ2n) is 6.15. The Kier molecular flexibility index (Phi) is 2.35. The predicted octanol–water partition coefficient (Wildman–Crippen LogP) is 5.45. The topological polar surface area (TPSA) is 0 Å². The average molecular weight is 248 g/mol. The van der Waals surface area contributed by atoms with Gasteiger partial charge in [0.15, 0.2) is 0 Å². The normalized spacial score (nSPS) is 24.1. The molecule has 2 aromatic rings. The fourth-order valence-corrected chi connectivity index (χ4v) is 3.80. The van der Waals surface area contributed by atoms with Gasteiger partial charge in [-0.1, -0.05) is 56.3 Å². The lowest BCUT2D eigenvalue weighted by atomic mass is 9.80. The van der Waals surface area contributed by atoms with Crippen molar-refractivity contribution in [2.45, 2.75) is 44.4 Å². The first-order valence-electron chi connectivity index (χ1n) is 7.53. The fraction of sp³-hybridized carbons (Fsp3) is 0.368. The molecule has 0 N–H and O–H groups in total. The molecule has 2 aliphatic carbocycles. The molecule has 0 heterocycles. The minimum atomic E-state index is 0.682. The summed E-state index contributed by atoms with van der Waals surface area (Å²) in [6.45, 7) is 4.67. The summed E-state index contributed by atoms with van der Waals surface area (Å²) in [4.78, 5) is 0. The largest absolute Gasteiger partial charge is 0.0648 e.